The molecule has 0 amide bonds. The van der Waals surface area contributed by atoms with Crippen LogP contribution in [0, 0.1) is 10.8 Å². The fourth-order valence-corrected chi connectivity index (χ4v) is 1.20. The molecule has 0 atom stereocenters. The Labute approximate surface area is 105 Å². The molecule has 3 nitrogen and oxygen atoms in total. The van der Waals surface area contributed by atoms with Gasteiger partial charge in [-0.2, -0.15) is 0 Å². The quantitative estimate of drug-likeness (QED) is 0.509. The zero-order valence-electron chi connectivity index (χ0n) is 12.1. The second kappa shape index (κ2) is 6.29. The Morgan fingerprint density at radius 1 is 1.00 bits per heavy atom. The largest absolute Gasteiger partial charge is 0.380 e. The molecule has 0 bridgehead atoms. The second-order valence-electron chi connectivity index (χ2n) is 6.21. The summed E-state index contributed by atoms with van der Waals surface area (Å²) in [5, 5.41) is 0. The molecule has 0 radical (unpaired) electrons. The molecule has 0 saturated heterocycles. The van der Waals surface area contributed by atoms with Crippen LogP contribution in [0.4, 0.5) is 0 Å². The number of ketones is 2. The molecule has 0 aliphatic heterocycles. The number of Topliss-reactive ketones (excluding diaryl/α,β-unsaturated/α-hetero) is 2. The second-order valence-corrected chi connectivity index (χ2v) is 6.21. The molecular formula is C14H26O3. The van der Waals surface area contributed by atoms with Crippen molar-refractivity contribution in [2.75, 3.05) is 13.2 Å². The summed E-state index contributed by atoms with van der Waals surface area (Å²) < 4.78 is 5.40. The van der Waals surface area contributed by atoms with Crippen LogP contribution < -0.4 is 0 Å². The molecule has 100 valence electrons. The van der Waals surface area contributed by atoms with Crippen LogP contribution >= 0.6 is 0 Å². The van der Waals surface area contributed by atoms with Gasteiger partial charge in [0.2, 0.25) is 0 Å². The molecule has 0 unspecified atom stereocenters. The van der Waals surface area contributed by atoms with E-state index in [9.17, 15) is 9.59 Å². The Balaban J connectivity index is 4.34. The number of hydrogen-bond acceptors (Lipinski definition) is 3. The Hall–Kier alpha value is -0.700. The molecule has 0 heterocycles. The van der Waals surface area contributed by atoms with Crippen molar-refractivity contribution >= 4 is 11.6 Å². The molecule has 0 saturated carbocycles. The maximum atomic E-state index is 12.0. The number of carbonyl (C=O) groups excluding carboxylic acids is 2. The third-order valence-corrected chi connectivity index (χ3v) is 2.72. The van der Waals surface area contributed by atoms with Crippen molar-refractivity contribution in [1.82, 2.24) is 0 Å². The minimum absolute atomic E-state index is 0.00594. The molecule has 0 rings (SSSR count). The molecule has 0 aliphatic rings. The van der Waals surface area contributed by atoms with Crippen molar-refractivity contribution < 1.29 is 14.3 Å². The molecule has 0 aromatic carbocycles. The first-order chi connectivity index (χ1) is 7.61. The van der Waals surface area contributed by atoms with Crippen LogP contribution in [0.1, 0.15) is 54.4 Å². The molecule has 0 spiro atoms. The van der Waals surface area contributed by atoms with Gasteiger partial charge in [-0.15, -0.1) is 0 Å². The van der Waals surface area contributed by atoms with Gasteiger partial charge in [-0.05, 0) is 6.42 Å². The van der Waals surface area contributed by atoms with E-state index < -0.39 is 10.8 Å². The minimum atomic E-state index is -0.573. The molecule has 17 heavy (non-hydrogen) atoms. The fraction of sp³-hybridized carbons (Fsp3) is 0.857. The zero-order chi connectivity index (χ0) is 13.7. The highest BCUT2D eigenvalue weighted by Gasteiger charge is 2.32. The summed E-state index contributed by atoms with van der Waals surface area (Å²) in [6.07, 6.45) is 0.942. The lowest BCUT2D eigenvalue weighted by Crippen LogP contribution is -2.34. The topological polar surface area (TPSA) is 43.4 Å². The van der Waals surface area contributed by atoms with E-state index in [4.69, 9.17) is 4.74 Å². The monoisotopic (exact) mass is 242 g/mol. The standard InChI is InChI=1S/C14H26O3/c1-7-8-17-10-14(5,6)12(16)9-11(15)13(2,3)4/h7-10H2,1-6H3. The van der Waals surface area contributed by atoms with Gasteiger partial charge in [-0.1, -0.05) is 41.5 Å². The third kappa shape index (κ3) is 5.97. The Bertz CT molecular complexity index is 272. The van der Waals surface area contributed by atoms with E-state index in [0.717, 1.165) is 6.42 Å². The molecular weight excluding hydrogens is 216 g/mol. The van der Waals surface area contributed by atoms with Crippen molar-refractivity contribution in [1.29, 1.82) is 0 Å². The summed E-state index contributed by atoms with van der Waals surface area (Å²) in [5.41, 5.74) is -1.02. The number of ether oxygens (including phenoxy) is 1. The molecule has 0 aliphatic carbocycles. The fourth-order valence-electron chi connectivity index (χ4n) is 1.20. The summed E-state index contributed by atoms with van der Waals surface area (Å²) in [7, 11) is 0. The van der Waals surface area contributed by atoms with Gasteiger partial charge in [-0.3, -0.25) is 9.59 Å². The zero-order valence-corrected chi connectivity index (χ0v) is 12.1. The van der Waals surface area contributed by atoms with Gasteiger partial charge < -0.3 is 4.74 Å². The number of hydrogen-bond donors (Lipinski definition) is 0. The van der Waals surface area contributed by atoms with Crippen molar-refractivity contribution in [3.05, 3.63) is 0 Å². The third-order valence-electron chi connectivity index (χ3n) is 2.72. The van der Waals surface area contributed by atoms with Gasteiger partial charge in [0.25, 0.3) is 0 Å². The minimum Gasteiger partial charge on any atom is -0.380 e. The summed E-state index contributed by atoms with van der Waals surface area (Å²) in [5.74, 6) is -0.0420. The van der Waals surface area contributed by atoms with Crippen LogP contribution in [-0.4, -0.2) is 24.8 Å². The Morgan fingerprint density at radius 2 is 1.53 bits per heavy atom. The SMILES string of the molecule is CCCOCC(C)(C)C(=O)CC(=O)C(C)(C)C. The summed E-state index contributed by atoms with van der Waals surface area (Å²) >= 11 is 0. The van der Waals surface area contributed by atoms with Crippen LogP contribution in [0.25, 0.3) is 0 Å². The highest BCUT2D eigenvalue weighted by molar-refractivity contribution is 6.03. The van der Waals surface area contributed by atoms with E-state index in [-0.39, 0.29) is 18.0 Å². The van der Waals surface area contributed by atoms with Gasteiger partial charge in [0.05, 0.1) is 13.0 Å². The van der Waals surface area contributed by atoms with E-state index in [1.165, 1.54) is 0 Å². The molecule has 0 fully saturated rings. The lowest BCUT2D eigenvalue weighted by molar-refractivity contribution is -0.137. The van der Waals surface area contributed by atoms with E-state index >= 15 is 0 Å². The van der Waals surface area contributed by atoms with Crippen LogP contribution in [0.15, 0.2) is 0 Å². The average Bonchev–Trinajstić information content (AvgIpc) is 2.16. The number of rotatable bonds is 7. The van der Waals surface area contributed by atoms with Gasteiger partial charge in [0.15, 0.2) is 0 Å². The maximum absolute atomic E-state index is 12.0. The van der Waals surface area contributed by atoms with Crippen molar-refractivity contribution in [2.24, 2.45) is 10.8 Å². The highest BCUT2D eigenvalue weighted by atomic mass is 16.5. The average molecular weight is 242 g/mol. The first-order valence-corrected chi connectivity index (χ1v) is 6.25. The summed E-state index contributed by atoms with van der Waals surface area (Å²) in [4.78, 5) is 23.8. The van der Waals surface area contributed by atoms with Crippen LogP contribution in [0.2, 0.25) is 0 Å². The molecule has 0 aromatic rings. The van der Waals surface area contributed by atoms with Crippen molar-refractivity contribution in [3.63, 3.8) is 0 Å². The van der Waals surface area contributed by atoms with Gasteiger partial charge in [0.1, 0.15) is 11.6 Å². The van der Waals surface area contributed by atoms with E-state index in [0.29, 0.717) is 13.2 Å². The van der Waals surface area contributed by atoms with Crippen LogP contribution in [0.5, 0.6) is 0 Å². The lowest BCUT2D eigenvalue weighted by Gasteiger charge is -2.24. The first-order valence-electron chi connectivity index (χ1n) is 6.25. The van der Waals surface area contributed by atoms with Gasteiger partial charge >= 0.3 is 0 Å². The predicted molar refractivity (Wildman–Crippen MR) is 69.0 cm³/mol. The molecule has 0 aromatic heterocycles. The maximum Gasteiger partial charge on any atom is 0.148 e. The molecule has 0 N–H and O–H groups in total. The summed E-state index contributed by atoms with van der Waals surface area (Å²) in [6, 6.07) is 0. The van der Waals surface area contributed by atoms with Crippen molar-refractivity contribution in [2.45, 2.75) is 54.4 Å². The smallest absolute Gasteiger partial charge is 0.148 e. The van der Waals surface area contributed by atoms with Gasteiger partial charge in [-0.25, -0.2) is 0 Å². The van der Waals surface area contributed by atoms with E-state index in [1.54, 1.807) is 0 Å². The number of carbonyl (C=O) groups is 2. The van der Waals surface area contributed by atoms with E-state index in [2.05, 4.69) is 0 Å². The first kappa shape index (κ1) is 16.3. The lowest BCUT2D eigenvalue weighted by atomic mass is 9.81. The van der Waals surface area contributed by atoms with Gasteiger partial charge in [0, 0.05) is 17.4 Å². The Morgan fingerprint density at radius 3 is 1.94 bits per heavy atom. The normalized spacial score (nSPS) is 12.6. The van der Waals surface area contributed by atoms with Crippen LogP contribution in [-0.2, 0) is 14.3 Å². The molecule has 3 heteroatoms. The van der Waals surface area contributed by atoms with Crippen LogP contribution in [0.3, 0.4) is 0 Å². The van der Waals surface area contributed by atoms with E-state index in [1.807, 2.05) is 41.5 Å². The van der Waals surface area contributed by atoms with Crippen molar-refractivity contribution in [3.8, 4) is 0 Å². The highest BCUT2D eigenvalue weighted by Crippen LogP contribution is 2.23. The predicted octanol–water partition coefficient (Wildman–Crippen LogP) is 3.01. The Kier molecular flexibility index (Phi) is 6.03. The summed E-state index contributed by atoms with van der Waals surface area (Å²) in [6.45, 7) is 12.2.